The SMILES string of the molecule is CCN(C[C@@H](C)C#N)C(=O)COc1ccc(F)cc1F. The van der Waals surface area contributed by atoms with Gasteiger partial charge in [-0.15, -0.1) is 0 Å². The molecule has 6 heteroatoms. The van der Waals surface area contributed by atoms with Crippen LogP contribution in [0.3, 0.4) is 0 Å². The second-order valence-electron chi connectivity index (χ2n) is 4.33. The number of hydrogen-bond donors (Lipinski definition) is 0. The highest BCUT2D eigenvalue weighted by atomic mass is 19.1. The van der Waals surface area contributed by atoms with E-state index in [-0.39, 0.29) is 24.2 Å². The van der Waals surface area contributed by atoms with E-state index in [0.29, 0.717) is 19.2 Å². The lowest BCUT2D eigenvalue weighted by Gasteiger charge is -2.22. The molecule has 20 heavy (non-hydrogen) atoms. The molecule has 0 fully saturated rings. The third kappa shape index (κ3) is 4.50. The molecule has 1 amide bonds. The highest BCUT2D eigenvalue weighted by Gasteiger charge is 2.16. The van der Waals surface area contributed by atoms with Crippen molar-refractivity contribution >= 4 is 5.91 Å². The quantitative estimate of drug-likeness (QED) is 0.804. The van der Waals surface area contributed by atoms with Crippen LogP contribution in [0.2, 0.25) is 0 Å². The molecule has 0 saturated carbocycles. The number of halogens is 2. The number of nitrogens with zero attached hydrogens (tertiary/aromatic N) is 2. The topological polar surface area (TPSA) is 53.3 Å². The average Bonchev–Trinajstić information content (AvgIpc) is 2.43. The minimum absolute atomic E-state index is 0.177. The molecule has 0 aliphatic heterocycles. The summed E-state index contributed by atoms with van der Waals surface area (Å²) in [4.78, 5) is 13.3. The molecule has 108 valence electrons. The maximum Gasteiger partial charge on any atom is 0.260 e. The van der Waals surface area contributed by atoms with Gasteiger partial charge >= 0.3 is 0 Å². The Balaban J connectivity index is 2.59. The molecular formula is C14H16F2N2O2. The second kappa shape index (κ2) is 7.43. The van der Waals surface area contributed by atoms with Crippen molar-refractivity contribution in [3.63, 3.8) is 0 Å². The van der Waals surface area contributed by atoms with Crippen LogP contribution in [0.5, 0.6) is 5.75 Å². The van der Waals surface area contributed by atoms with Crippen LogP contribution in [0.15, 0.2) is 18.2 Å². The fraction of sp³-hybridized carbons (Fsp3) is 0.429. The van der Waals surface area contributed by atoms with Gasteiger partial charge in [0.2, 0.25) is 0 Å². The zero-order valence-electron chi connectivity index (χ0n) is 11.4. The minimum Gasteiger partial charge on any atom is -0.481 e. The second-order valence-corrected chi connectivity index (χ2v) is 4.33. The van der Waals surface area contributed by atoms with Crippen molar-refractivity contribution in [3.8, 4) is 11.8 Å². The number of nitriles is 1. The van der Waals surface area contributed by atoms with Gasteiger partial charge in [0.05, 0.1) is 12.0 Å². The number of benzene rings is 1. The molecule has 0 radical (unpaired) electrons. The summed E-state index contributed by atoms with van der Waals surface area (Å²) in [5, 5.41) is 8.73. The fourth-order valence-electron chi connectivity index (χ4n) is 1.60. The molecule has 0 unspecified atom stereocenters. The molecule has 0 aliphatic rings. The fourth-order valence-corrected chi connectivity index (χ4v) is 1.60. The van der Waals surface area contributed by atoms with E-state index in [9.17, 15) is 13.6 Å². The van der Waals surface area contributed by atoms with Crippen LogP contribution in [-0.2, 0) is 4.79 Å². The Labute approximate surface area is 116 Å². The maximum atomic E-state index is 13.3. The third-order valence-corrected chi connectivity index (χ3v) is 2.69. The van der Waals surface area contributed by atoms with E-state index >= 15 is 0 Å². The Morgan fingerprint density at radius 1 is 1.50 bits per heavy atom. The van der Waals surface area contributed by atoms with Crippen molar-refractivity contribution < 1.29 is 18.3 Å². The first-order chi connectivity index (χ1) is 9.47. The van der Waals surface area contributed by atoms with Gasteiger partial charge < -0.3 is 9.64 Å². The van der Waals surface area contributed by atoms with Gasteiger partial charge in [-0.3, -0.25) is 4.79 Å². The summed E-state index contributed by atoms with van der Waals surface area (Å²) in [6.07, 6.45) is 0. The van der Waals surface area contributed by atoms with Gasteiger partial charge in [-0.25, -0.2) is 8.78 Å². The number of carbonyl (C=O) groups is 1. The normalized spacial score (nSPS) is 11.6. The number of amides is 1. The van der Waals surface area contributed by atoms with Gasteiger partial charge in [0, 0.05) is 19.2 Å². The summed E-state index contributed by atoms with van der Waals surface area (Å²) < 4.78 is 31.1. The maximum absolute atomic E-state index is 13.3. The Bertz CT molecular complexity index is 514. The lowest BCUT2D eigenvalue weighted by atomic mass is 10.2. The number of carbonyl (C=O) groups excluding carboxylic acids is 1. The first kappa shape index (κ1) is 15.9. The monoisotopic (exact) mass is 282 g/mol. The van der Waals surface area contributed by atoms with Crippen LogP contribution in [0.4, 0.5) is 8.78 Å². The molecule has 1 atom stereocenters. The lowest BCUT2D eigenvalue weighted by Crippen LogP contribution is -2.37. The molecule has 0 bridgehead atoms. The number of likely N-dealkylation sites (N-methyl/N-ethyl adjacent to an activating group) is 1. The molecule has 4 nitrogen and oxygen atoms in total. The van der Waals surface area contributed by atoms with Crippen LogP contribution < -0.4 is 4.74 Å². The zero-order valence-corrected chi connectivity index (χ0v) is 11.4. The number of ether oxygens (including phenoxy) is 1. The molecule has 0 spiro atoms. The van der Waals surface area contributed by atoms with Crippen LogP contribution >= 0.6 is 0 Å². The summed E-state index contributed by atoms with van der Waals surface area (Å²) in [7, 11) is 0. The van der Waals surface area contributed by atoms with Gasteiger partial charge in [-0.05, 0) is 26.0 Å². The van der Waals surface area contributed by atoms with Gasteiger partial charge in [0.25, 0.3) is 5.91 Å². The predicted molar refractivity (Wildman–Crippen MR) is 68.9 cm³/mol. The van der Waals surface area contributed by atoms with Crippen molar-refractivity contribution in [1.82, 2.24) is 4.90 Å². The molecule has 0 N–H and O–H groups in total. The van der Waals surface area contributed by atoms with Crippen LogP contribution in [0.1, 0.15) is 13.8 Å². The zero-order chi connectivity index (χ0) is 15.1. The van der Waals surface area contributed by atoms with E-state index in [1.54, 1.807) is 13.8 Å². The smallest absolute Gasteiger partial charge is 0.260 e. The summed E-state index contributed by atoms with van der Waals surface area (Å²) in [6.45, 7) is 3.85. The van der Waals surface area contributed by atoms with Gasteiger partial charge in [0.1, 0.15) is 5.82 Å². The summed E-state index contributed by atoms with van der Waals surface area (Å²) >= 11 is 0. The van der Waals surface area contributed by atoms with E-state index < -0.39 is 11.6 Å². The highest BCUT2D eigenvalue weighted by Crippen LogP contribution is 2.17. The molecular weight excluding hydrogens is 266 g/mol. The van der Waals surface area contributed by atoms with Crippen LogP contribution in [0.25, 0.3) is 0 Å². The van der Waals surface area contributed by atoms with Crippen molar-refractivity contribution in [2.75, 3.05) is 19.7 Å². The standard InChI is InChI=1S/C14H16F2N2O2/c1-3-18(8-10(2)7-17)14(19)9-20-13-5-4-11(15)6-12(13)16/h4-6,10H,3,8-9H2,1-2H3/t10-/m0/s1. The first-order valence-electron chi connectivity index (χ1n) is 6.23. The van der Waals surface area contributed by atoms with Gasteiger partial charge in [0.15, 0.2) is 18.2 Å². The van der Waals surface area contributed by atoms with E-state index in [1.165, 1.54) is 4.90 Å². The molecule has 1 aromatic carbocycles. The third-order valence-electron chi connectivity index (χ3n) is 2.69. The molecule has 0 aromatic heterocycles. The Kier molecular flexibility index (Phi) is 5.91. The van der Waals surface area contributed by atoms with E-state index in [2.05, 4.69) is 0 Å². The van der Waals surface area contributed by atoms with Gasteiger partial charge in [-0.2, -0.15) is 5.26 Å². The molecule has 0 saturated heterocycles. The van der Waals surface area contributed by atoms with Crippen LogP contribution in [-0.4, -0.2) is 30.5 Å². The highest BCUT2D eigenvalue weighted by molar-refractivity contribution is 5.77. The molecule has 0 aliphatic carbocycles. The van der Waals surface area contributed by atoms with Crippen LogP contribution in [0, 0.1) is 28.9 Å². The summed E-state index contributed by atoms with van der Waals surface area (Å²) in [5.74, 6) is -2.38. The molecule has 1 rings (SSSR count). The Morgan fingerprint density at radius 2 is 2.20 bits per heavy atom. The van der Waals surface area contributed by atoms with E-state index in [0.717, 1.165) is 12.1 Å². The Hall–Kier alpha value is -2.16. The summed E-state index contributed by atoms with van der Waals surface area (Å²) in [5.41, 5.74) is 0. The minimum atomic E-state index is -0.855. The van der Waals surface area contributed by atoms with Crippen molar-refractivity contribution in [2.45, 2.75) is 13.8 Å². The lowest BCUT2D eigenvalue weighted by molar-refractivity contribution is -0.133. The van der Waals surface area contributed by atoms with Crippen molar-refractivity contribution in [3.05, 3.63) is 29.8 Å². The average molecular weight is 282 g/mol. The predicted octanol–water partition coefficient (Wildman–Crippen LogP) is 2.35. The summed E-state index contributed by atoms with van der Waals surface area (Å²) in [6, 6.07) is 4.91. The molecule has 1 aromatic rings. The van der Waals surface area contributed by atoms with Crippen molar-refractivity contribution in [2.24, 2.45) is 5.92 Å². The van der Waals surface area contributed by atoms with Gasteiger partial charge in [-0.1, -0.05) is 0 Å². The van der Waals surface area contributed by atoms with E-state index in [1.807, 2.05) is 6.07 Å². The van der Waals surface area contributed by atoms with E-state index in [4.69, 9.17) is 10.00 Å². The van der Waals surface area contributed by atoms with Crippen molar-refractivity contribution in [1.29, 1.82) is 5.26 Å². The largest absolute Gasteiger partial charge is 0.481 e. The Morgan fingerprint density at radius 3 is 2.75 bits per heavy atom. The number of rotatable bonds is 6. The first-order valence-corrected chi connectivity index (χ1v) is 6.23. The molecule has 0 heterocycles. The number of hydrogen-bond acceptors (Lipinski definition) is 3.